The highest BCUT2D eigenvalue weighted by Crippen LogP contribution is 2.24. The minimum atomic E-state index is -4.33. The van der Waals surface area contributed by atoms with Crippen molar-refractivity contribution >= 4 is 10.0 Å². The van der Waals surface area contributed by atoms with Gasteiger partial charge in [0.25, 0.3) is 0 Å². The van der Waals surface area contributed by atoms with Crippen molar-refractivity contribution in [3.63, 3.8) is 0 Å². The Morgan fingerprint density at radius 2 is 1.67 bits per heavy atom. The van der Waals surface area contributed by atoms with Gasteiger partial charge >= 0.3 is 0 Å². The van der Waals surface area contributed by atoms with Crippen molar-refractivity contribution < 1.29 is 21.9 Å². The molecule has 0 amide bonds. The maximum atomic E-state index is 13.9. The fourth-order valence-electron chi connectivity index (χ4n) is 3.14. The molecule has 1 N–H and O–H groups in total. The van der Waals surface area contributed by atoms with Gasteiger partial charge in [0, 0.05) is 25.7 Å². The second-order valence-electron chi connectivity index (χ2n) is 6.48. The summed E-state index contributed by atoms with van der Waals surface area (Å²) < 4.78 is 60.6. The Kier molecular flexibility index (Phi) is 6.21. The molecular weight excluding hydrogens is 374 g/mol. The Balaban J connectivity index is 1.84. The third-order valence-corrected chi connectivity index (χ3v) is 6.08. The smallest absolute Gasteiger partial charge is 0.246 e. The zero-order valence-electron chi connectivity index (χ0n) is 15.0. The number of aryl methyl sites for hydroxylation is 1. The van der Waals surface area contributed by atoms with E-state index in [9.17, 15) is 17.2 Å². The highest BCUT2D eigenvalue weighted by Gasteiger charge is 2.28. The Hall–Kier alpha value is -1.87. The van der Waals surface area contributed by atoms with E-state index in [0.717, 1.165) is 29.3 Å². The molecule has 1 aliphatic rings. The van der Waals surface area contributed by atoms with Gasteiger partial charge in [-0.25, -0.2) is 21.9 Å². The summed E-state index contributed by atoms with van der Waals surface area (Å²) in [7, 11) is -4.33. The van der Waals surface area contributed by atoms with E-state index in [1.807, 2.05) is 31.2 Å². The Morgan fingerprint density at radius 1 is 1.07 bits per heavy atom. The SMILES string of the molecule is Cc1ccc(C(CNS(=O)(=O)c2c(F)cccc2F)N2CCOCC2)cc1. The maximum Gasteiger partial charge on any atom is 0.246 e. The molecule has 27 heavy (non-hydrogen) atoms. The first kappa shape index (κ1) is 19.9. The molecule has 0 aliphatic carbocycles. The normalized spacial score (nSPS) is 17.0. The number of morpholine rings is 1. The molecule has 8 heteroatoms. The quantitative estimate of drug-likeness (QED) is 0.816. The van der Waals surface area contributed by atoms with Gasteiger partial charge in [0.15, 0.2) is 4.90 Å². The van der Waals surface area contributed by atoms with E-state index < -0.39 is 26.6 Å². The lowest BCUT2D eigenvalue weighted by atomic mass is 10.0. The number of benzene rings is 2. The number of hydrogen-bond acceptors (Lipinski definition) is 4. The van der Waals surface area contributed by atoms with Crippen molar-refractivity contribution in [2.24, 2.45) is 0 Å². The highest BCUT2D eigenvalue weighted by atomic mass is 32.2. The van der Waals surface area contributed by atoms with E-state index in [1.165, 1.54) is 0 Å². The first-order valence-corrected chi connectivity index (χ1v) is 10.2. The molecular formula is C19H22F2N2O3S. The van der Waals surface area contributed by atoms with Crippen LogP contribution in [0.1, 0.15) is 17.2 Å². The third kappa shape index (κ3) is 4.70. The molecule has 2 aromatic carbocycles. The molecule has 0 aromatic heterocycles. The third-order valence-electron chi connectivity index (χ3n) is 4.60. The van der Waals surface area contributed by atoms with Gasteiger partial charge in [0.1, 0.15) is 11.6 Å². The van der Waals surface area contributed by atoms with Gasteiger partial charge in [0.05, 0.1) is 13.2 Å². The number of nitrogens with zero attached hydrogens (tertiary/aromatic N) is 1. The molecule has 3 rings (SSSR count). The van der Waals surface area contributed by atoms with Gasteiger partial charge in [0.2, 0.25) is 10.0 Å². The number of hydrogen-bond donors (Lipinski definition) is 1. The molecule has 5 nitrogen and oxygen atoms in total. The molecule has 1 unspecified atom stereocenters. The van der Waals surface area contributed by atoms with Gasteiger partial charge < -0.3 is 4.74 Å². The highest BCUT2D eigenvalue weighted by molar-refractivity contribution is 7.89. The lowest BCUT2D eigenvalue weighted by Crippen LogP contribution is -2.44. The van der Waals surface area contributed by atoms with E-state index in [4.69, 9.17) is 4.74 Å². The molecule has 1 saturated heterocycles. The van der Waals surface area contributed by atoms with E-state index in [-0.39, 0.29) is 12.6 Å². The van der Waals surface area contributed by atoms with Crippen LogP contribution in [0.2, 0.25) is 0 Å². The van der Waals surface area contributed by atoms with Crippen LogP contribution in [-0.4, -0.2) is 46.2 Å². The minimum Gasteiger partial charge on any atom is -0.379 e. The molecule has 2 aromatic rings. The fourth-order valence-corrected chi connectivity index (χ4v) is 4.31. The maximum absolute atomic E-state index is 13.9. The van der Waals surface area contributed by atoms with Crippen molar-refractivity contribution in [1.82, 2.24) is 9.62 Å². The van der Waals surface area contributed by atoms with E-state index >= 15 is 0 Å². The fraction of sp³-hybridized carbons (Fsp3) is 0.368. The summed E-state index contributed by atoms with van der Waals surface area (Å²) in [5.41, 5.74) is 2.02. The molecule has 0 saturated carbocycles. The van der Waals surface area contributed by atoms with Crippen LogP contribution in [0.15, 0.2) is 47.4 Å². The van der Waals surface area contributed by atoms with Crippen molar-refractivity contribution in [2.75, 3.05) is 32.8 Å². The first-order valence-electron chi connectivity index (χ1n) is 8.70. The summed E-state index contributed by atoms with van der Waals surface area (Å²) in [5.74, 6) is -2.22. The summed E-state index contributed by atoms with van der Waals surface area (Å²) in [6.45, 7) is 4.37. The zero-order chi connectivity index (χ0) is 19.4. The molecule has 1 fully saturated rings. The van der Waals surface area contributed by atoms with E-state index in [0.29, 0.717) is 26.3 Å². The summed E-state index contributed by atoms with van der Waals surface area (Å²) in [6.07, 6.45) is 0. The lowest BCUT2D eigenvalue weighted by molar-refractivity contribution is 0.0172. The topological polar surface area (TPSA) is 58.6 Å². The number of rotatable bonds is 6. The van der Waals surface area contributed by atoms with Crippen LogP contribution in [0.4, 0.5) is 8.78 Å². The summed E-state index contributed by atoms with van der Waals surface area (Å²) in [6, 6.07) is 10.5. The van der Waals surface area contributed by atoms with Crippen LogP contribution in [0, 0.1) is 18.6 Å². The molecule has 1 aliphatic heterocycles. The van der Waals surface area contributed by atoms with Crippen LogP contribution < -0.4 is 4.72 Å². The second kappa shape index (κ2) is 8.43. The molecule has 1 heterocycles. The Labute approximate surface area is 158 Å². The number of nitrogens with one attached hydrogen (secondary N) is 1. The van der Waals surface area contributed by atoms with Crippen LogP contribution in [0.5, 0.6) is 0 Å². The average Bonchev–Trinajstić information content (AvgIpc) is 2.64. The van der Waals surface area contributed by atoms with Crippen molar-refractivity contribution in [1.29, 1.82) is 0 Å². The van der Waals surface area contributed by atoms with E-state index in [2.05, 4.69) is 9.62 Å². The van der Waals surface area contributed by atoms with Gasteiger partial charge in [-0.15, -0.1) is 0 Å². The summed E-state index contributed by atoms with van der Waals surface area (Å²) in [5, 5.41) is 0. The van der Waals surface area contributed by atoms with Gasteiger partial charge in [-0.05, 0) is 24.6 Å². The Morgan fingerprint density at radius 3 is 2.26 bits per heavy atom. The van der Waals surface area contributed by atoms with Crippen molar-refractivity contribution in [3.05, 3.63) is 65.2 Å². The van der Waals surface area contributed by atoms with Gasteiger partial charge in [-0.1, -0.05) is 35.9 Å². The van der Waals surface area contributed by atoms with Crippen molar-refractivity contribution in [3.8, 4) is 0 Å². The molecule has 1 atom stereocenters. The largest absolute Gasteiger partial charge is 0.379 e. The molecule has 0 bridgehead atoms. The minimum absolute atomic E-state index is 0.000825. The number of ether oxygens (including phenoxy) is 1. The first-order chi connectivity index (χ1) is 12.9. The van der Waals surface area contributed by atoms with E-state index in [1.54, 1.807) is 0 Å². The van der Waals surface area contributed by atoms with Crippen LogP contribution in [0.25, 0.3) is 0 Å². The summed E-state index contributed by atoms with van der Waals surface area (Å²) >= 11 is 0. The monoisotopic (exact) mass is 396 g/mol. The van der Waals surface area contributed by atoms with Crippen LogP contribution in [0.3, 0.4) is 0 Å². The number of sulfonamides is 1. The molecule has 146 valence electrons. The van der Waals surface area contributed by atoms with Crippen LogP contribution in [-0.2, 0) is 14.8 Å². The van der Waals surface area contributed by atoms with Crippen molar-refractivity contribution in [2.45, 2.75) is 17.9 Å². The average molecular weight is 396 g/mol. The predicted octanol–water partition coefficient (Wildman–Crippen LogP) is 2.63. The zero-order valence-corrected chi connectivity index (χ0v) is 15.8. The predicted molar refractivity (Wildman–Crippen MR) is 97.9 cm³/mol. The van der Waals surface area contributed by atoms with Gasteiger partial charge in [-0.3, -0.25) is 4.90 Å². The Bertz CT molecular complexity index is 862. The molecule has 0 spiro atoms. The van der Waals surface area contributed by atoms with Crippen LogP contribution >= 0.6 is 0 Å². The van der Waals surface area contributed by atoms with Gasteiger partial charge in [-0.2, -0.15) is 0 Å². The lowest BCUT2D eigenvalue weighted by Gasteiger charge is -2.35. The second-order valence-corrected chi connectivity index (χ2v) is 8.18. The number of halogens is 2. The summed E-state index contributed by atoms with van der Waals surface area (Å²) in [4.78, 5) is 1.16. The molecule has 0 radical (unpaired) electrons. The standard InChI is InChI=1S/C19H22F2N2O3S/c1-14-5-7-15(8-6-14)18(23-9-11-26-12-10-23)13-22-27(24,25)19-16(20)3-2-4-17(19)21/h2-8,18,22H,9-13H2,1H3.